The quantitative estimate of drug-likeness (QED) is 0.574. The Balaban J connectivity index is 1.63. The van der Waals surface area contributed by atoms with E-state index in [1.54, 1.807) is 7.11 Å². The summed E-state index contributed by atoms with van der Waals surface area (Å²) in [5, 5.41) is 5.86. The fraction of sp³-hybridized carbons (Fsp3) is 0.263. The molecule has 136 valence electrons. The number of H-pyrrole nitrogens is 1. The van der Waals surface area contributed by atoms with Crippen LogP contribution < -0.4 is 15.4 Å². The minimum absolute atomic E-state index is 0.153. The molecule has 0 aliphatic heterocycles. The number of carbonyl (C=O) groups is 1. The number of aromatic amines is 1. The Hall–Kier alpha value is -2.54. The maximum Gasteiger partial charge on any atom is 0.315 e. The average Bonchev–Trinajstić information content (AvgIpc) is 3.05. The second-order valence-electron chi connectivity index (χ2n) is 6.09. The second-order valence-corrected chi connectivity index (χ2v) is 6.95. The van der Waals surface area contributed by atoms with E-state index in [0.29, 0.717) is 0 Å². The zero-order valence-electron chi connectivity index (χ0n) is 14.8. The van der Waals surface area contributed by atoms with E-state index < -0.39 is 0 Å². The van der Waals surface area contributed by atoms with Crippen molar-refractivity contribution in [2.45, 2.75) is 25.9 Å². The van der Waals surface area contributed by atoms with Gasteiger partial charge in [-0.25, -0.2) is 9.78 Å². The van der Waals surface area contributed by atoms with Crippen LogP contribution in [0.5, 0.6) is 5.75 Å². The summed E-state index contributed by atoms with van der Waals surface area (Å²) in [5.74, 6) is 1.48. The standard InChI is InChI=1S/C19H21BrN4O2/c1-11(13-8-9-17(26-3)14(20)10-13)21-19(25)22-12(2)18-23-15-6-4-5-7-16(15)24-18/h4-12H,1-3H3,(H,23,24)(H2,21,22,25). The lowest BCUT2D eigenvalue weighted by Crippen LogP contribution is -2.38. The number of halogens is 1. The summed E-state index contributed by atoms with van der Waals surface area (Å²) in [6.45, 7) is 3.83. The SMILES string of the molecule is COc1ccc(C(C)NC(=O)NC(C)c2nc3ccccc3[nH]2)cc1Br. The van der Waals surface area contributed by atoms with Gasteiger partial charge in [0.2, 0.25) is 0 Å². The van der Waals surface area contributed by atoms with E-state index in [2.05, 4.69) is 36.5 Å². The largest absolute Gasteiger partial charge is 0.496 e. The number of hydrogen-bond donors (Lipinski definition) is 3. The first-order valence-electron chi connectivity index (χ1n) is 8.33. The summed E-state index contributed by atoms with van der Waals surface area (Å²) < 4.78 is 6.08. The zero-order valence-corrected chi connectivity index (χ0v) is 16.4. The van der Waals surface area contributed by atoms with Crippen molar-refractivity contribution in [2.75, 3.05) is 7.11 Å². The summed E-state index contributed by atoms with van der Waals surface area (Å²) in [6, 6.07) is 12.9. The lowest BCUT2D eigenvalue weighted by atomic mass is 10.1. The molecule has 0 radical (unpaired) electrons. The Morgan fingerprint density at radius 1 is 1.15 bits per heavy atom. The summed E-state index contributed by atoms with van der Waals surface area (Å²) in [7, 11) is 1.62. The fourth-order valence-electron chi connectivity index (χ4n) is 2.72. The number of para-hydroxylation sites is 2. The molecule has 3 rings (SSSR count). The number of urea groups is 1. The predicted octanol–water partition coefficient (Wildman–Crippen LogP) is 4.46. The van der Waals surface area contributed by atoms with Gasteiger partial charge in [-0.05, 0) is 59.6 Å². The van der Waals surface area contributed by atoms with Crippen LogP contribution in [0.25, 0.3) is 11.0 Å². The normalized spacial score (nSPS) is 13.2. The summed E-state index contributed by atoms with van der Waals surface area (Å²) in [6.07, 6.45) is 0. The van der Waals surface area contributed by atoms with Crippen molar-refractivity contribution in [1.29, 1.82) is 0 Å². The topological polar surface area (TPSA) is 79.0 Å². The zero-order chi connectivity index (χ0) is 18.7. The number of fused-ring (bicyclic) bond motifs is 1. The Morgan fingerprint density at radius 2 is 1.88 bits per heavy atom. The van der Waals surface area contributed by atoms with Crippen molar-refractivity contribution in [1.82, 2.24) is 20.6 Å². The molecule has 3 N–H and O–H groups in total. The number of ether oxygens (including phenoxy) is 1. The van der Waals surface area contributed by atoms with E-state index in [0.717, 1.165) is 32.6 Å². The smallest absolute Gasteiger partial charge is 0.315 e. The molecule has 0 spiro atoms. The van der Waals surface area contributed by atoms with Gasteiger partial charge in [0.05, 0.1) is 34.7 Å². The van der Waals surface area contributed by atoms with Gasteiger partial charge in [-0.3, -0.25) is 0 Å². The summed E-state index contributed by atoms with van der Waals surface area (Å²) in [5.41, 5.74) is 2.81. The molecule has 0 aliphatic rings. The molecule has 7 heteroatoms. The van der Waals surface area contributed by atoms with E-state index in [9.17, 15) is 4.79 Å². The number of amides is 2. The third-order valence-corrected chi connectivity index (χ3v) is 4.81. The van der Waals surface area contributed by atoms with Crippen LogP contribution in [0.2, 0.25) is 0 Å². The Bertz CT molecular complexity index is 892. The predicted molar refractivity (Wildman–Crippen MR) is 105 cm³/mol. The molecule has 2 aromatic carbocycles. The molecule has 6 nitrogen and oxygen atoms in total. The molecular weight excluding hydrogens is 396 g/mol. The van der Waals surface area contributed by atoms with Crippen molar-refractivity contribution in [3.05, 3.63) is 58.3 Å². The van der Waals surface area contributed by atoms with Gasteiger partial charge in [-0.15, -0.1) is 0 Å². The van der Waals surface area contributed by atoms with Crippen LogP contribution in [0, 0.1) is 0 Å². The number of carbonyl (C=O) groups excluding carboxylic acids is 1. The van der Waals surface area contributed by atoms with Crippen molar-refractivity contribution in [3.8, 4) is 5.75 Å². The fourth-order valence-corrected chi connectivity index (χ4v) is 3.27. The maximum atomic E-state index is 12.3. The van der Waals surface area contributed by atoms with Crippen LogP contribution in [0.1, 0.15) is 37.3 Å². The molecular formula is C19H21BrN4O2. The van der Waals surface area contributed by atoms with E-state index in [1.807, 2.05) is 56.3 Å². The molecule has 0 saturated heterocycles. The third kappa shape index (κ3) is 3.99. The highest BCUT2D eigenvalue weighted by molar-refractivity contribution is 9.10. The molecule has 0 fully saturated rings. The number of rotatable bonds is 5. The number of nitrogens with one attached hydrogen (secondary N) is 3. The number of benzene rings is 2. The van der Waals surface area contributed by atoms with Gasteiger partial charge < -0.3 is 20.4 Å². The lowest BCUT2D eigenvalue weighted by Gasteiger charge is -2.18. The third-order valence-electron chi connectivity index (χ3n) is 4.19. The highest BCUT2D eigenvalue weighted by Gasteiger charge is 2.16. The van der Waals surface area contributed by atoms with Crippen molar-refractivity contribution in [3.63, 3.8) is 0 Å². The number of imidazole rings is 1. The Kier molecular flexibility index (Phi) is 5.46. The van der Waals surface area contributed by atoms with Crippen LogP contribution in [0.15, 0.2) is 46.9 Å². The van der Waals surface area contributed by atoms with Crippen LogP contribution in [-0.4, -0.2) is 23.1 Å². The van der Waals surface area contributed by atoms with Gasteiger partial charge in [0.25, 0.3) is 0 Å². The molecule has 2 unspecified atom stereocenters. The van der Waals surface area contributed by atoms with E-state index in [1.165, 1.54) is 0 Å². The van der Waals surface area contributed by atoms with Gasteiger partial charge in [0.15, 0.2) is 0 Å². The van der Waals surface area contributed by atoms with Crippen LogP contribution in [0.4, 0.5) is 4.79 Å². The molecule has 1 heterocycles. The van der Waals surface area contributed by atoms with E-state index in [-0.39, 0.29) is 18.1 Å². The monoisotopic (exact) mass is 416 g/mol. The average molecular weight is 417 g/mol. The molecule has 26 heavy (non-hydrogen) atoms. The van der Waals surface area contributed by atoms with Crippen LogP contribution in [-0.2, 0) is 0 Å². The minimum atomic E-state index is -0.252. The molecule has 0 saturated carbocycles. The van der Waals surface area contributed by atoms with Gasteiger partial charge in [0, 0.05) is 0 Å². The maximum absolute atomic E-state index is 12.3. The van der Waals surface area contributed by atoms with Gasteiger partial charge >= 0.3 is 6.03 Å². The van der Waals surface area contributed by atoms with Crippen LogP contribution in [0.3, 0.4) is 0 Å². The van der Waals surface area contributed by atoms with Gasteiger partial charge in [-0.2, -0.15) is 0 Å². The van der Waals surface area contributed by atoms with Crippen LogP contribution >= 0.6 is 15.9 Å². The Labute approximate surface area is 160 Å². The van der Waals surface area contributed by atoms with Gasteiger partial charge in [-0.1, -0.05) is 18.2 Å². The molecule has 2 atom stereocenters. The van der Waals surface area contributed by atoms with Crippen molar-refractivity contribution < 1.29 is 9.53 Å². The molecule has 0 bridgehead atoms. The first kappa shape index (κ1) is 18.3. The first-order valence-corrected chi connectivity index (χ1v) is 9.12. The number of methoxy groups -OCH3 is 1. The summed E-state index contributed by atoms with van der Waals surface area (Å²) >= 11 is 3.46. The summed E-state index contributed by atoms with van der Waals surface area (Å²) in [4.78, 5) is 20.1. The highest BCUT2D eigenvalue weighted by atomic mass is 79.9. The van der Waals surface area contributed by atoms with Gasteiger partial charge in [0.1, 0.15) is 11.6 Å². The first-order chi connectivity index (χ1) is 12.5. The Morgan fingerprint density at radius 3 is 2.58 bits per heavy atom. The number of aromatic nitrogens is 2. The number of nitrogens with zero attached hydrogens (tertiary/aromatic N) is 1. The van der Waals surface area contributed by atoms with Crippen molar-refractivity contribution >= 4 is 33.0 Å². The molecule has 3 aromatic rings. The second kappa shape index (κ2) is 7.78. The van der Waals surface area contributed by atoms with E-state index >= 15 is 0 Å². The highest BCUT2D eigenvalue weighted by Crippen LogP contribution is 2.28. The van der Waals surface area contributed by atoms with E-state index in [4.69, 9.17) is 4.74 Å². The number of hydrogen-bond acceptors (Lipinski definition) is 3. The molecule has 1 aromatic heterocycles. The molecule has 2 amide bonds. The van der Waals surface area contributed by atoms with Crippen molar-refractivity contribution in [2.24, 2.45) is 0 Å². The molecule has 0 aliphatic carbocycles. The minimum Gasteiger partial charge on any atom is -0.496 e. The lowest BCUT2D eigenvalue weighted by molar-refractivity contribution is 0.234.